The van der Waals surface area contributed by atoms with Gasteiger partial charge in [0.1, 0.15) is 4.33 Å². The van der Waals surface area contributed by atoms with E-state index >= 15 is 0 Å². The Morgan fingerprint density at radius 2 is 1.89 bits per heavy atom. The summed E-state index contributed by atoms with van der Waals surface area (Å²) in [5.41, 5.74) is -1.00. The van der Waals surface area contributed by atoms with Crippen molar-refractivity contribution in [1.29, 1.82) is 0 Å². The molecule has 1 saturated carbocycles. The Morgan fingerprint density at radius 1 is 1.37 bits per heavy atom. The van der Waals surface area contributed by atoms with Crippen LogP contribution in [0.25, 0.3) is 0 Å². The Kier molecular flexibility index (Phi) is 3.49. The van der Waals surface area contributed by atoms with Crippen LogP contribution < -0.4 is 5.32 Å². The number of nitrogens with one attached hydrogen (secondary N) is 1. The number of hydrogen-bond donors (Lipinski definition) is 2. The van der Waals surface area contributed by atoms with E-state index in [0.717, 1.165) is 0 Å². The molecule has 1 fully saturated rings. The summed E-state index contributed by atoms with van der Waals surface area (Å²) in [6, 6.07) is 8.50. The van der Waals surface area contributed by atoms with E-state index in [1.165, 1.54) is 6.92 Å². The first kappa shape index (κ1) is 14.2. The van der Waals surface area contributed by atoms with Crippen LogP contribution in [0.4, 0.5) is 0 Å². The van der Waals surface area contributed by atoms with Crippen molar-refractivity contribution in [3.05, 3.63) is 35.9 Å². The molecule has 4 nitrogen and oxygen atoms in total. The lowest BCUT2D eigenvalue weighted by Gasteiger charge is -2.27. The molecule has 2 unspecified atom stereocenters. The van der Waals surface area contributed by atoms with E-state index in [2.05, 4.69) is 5.32 Å². The van der Waals surface area contributed by atoms with Gasteiger partial charge in [-0.25, -0.2) is 4.79 Å². The van der Waals surface area contributed by atoms with Gasteiger partial charge in [-0.3, -0.25) is 4.79 Å². The van der Waals surface area contributed by atoms with E-state index in [-0.39, 0.29) is 0 Å². The van der Waals surface area contributed by atoms with Crippen molar-refractivity contribution in [2.24, 2.45) is 5.92 Å². The fourth-order valence-corrected chi connectivity index (χ4v) is 2.36. The number of alkyl halides is 2. The maximum absolute atomic E-state index is 12.0. The molecular weight excluding hydrogens is 289 g/mol. The van der Waals surface area contributed by atoms with Crippen LogP contribution in [-0.4, -0.2) is 21.3 Å². The van der Waals surface area contributed by atoms with E-state index in [0.29, 0.717) is 12.0 Å². The summed E-state index contributed by atoms with van der Waals surface area (Å²) in [6.45, 7) is 1.44. The molecule has 2 atom stereocenters. The lowest BCUT2D eigenvalue weighted by Crippen LogP contribution is -2.50. The molecule has 0 aliphatic heterocycles. The first-order valence-electron chi connectivity index (χ1n) is 5.76. The molecule has 2 rings (SSSR count). The monoisotopic (exact) mass is 301 g/mol. The summed E-state index contributed by atoms with van der Waals surface area (Å²) in [5, 5.41) is 11.9. The highest BCUT2D eigenvalue weighted by Gasteiger charge is 2.57. The summed E-state index contributed by atoms with van der Waals surface area (Å²) >= 11 is 11.6. The summed E-state index contributed by atoms with van der Waals surface area (Å²) in [6.07, 6.45) is 0.340. The Labute approximate surface area is 120 Å². The number of hydrogen-bond acceptors (Lipinski definition) is 2. The highest BCUT2D eigenvalue weighted by Crippen LogP contribution is 2.53. The Balaban J connectivity index is 2.22. The third-order valence-electron chi connectivity index (χ3n) is 3.29. The van der Waals surface area contributed by atoms with Gasteiger partial charge in [-0.2, -0.15) is 0 Å². The van der Waals surface area contributed by atoms with Crippen LogP contribution >= 0.6 is 23.2 Å². The molecule has 0 radical (unpaired) electrons. The quantitative estimate of drug-likeness (QED) is 0.839. The minimum atomic E-state index is -1.50. The number of amides is 1. The van der Waals surface area contributed by atoms with E-state index < -0.39 is 27.7 Å². The summed E-state index contributed by atoms with van der Waals surface area (Å²) in [5.74, 6) is -2.14. The predicted octanol–water partition coefficient (Wildman–Crippen LogP) is 2.30. The number of carbonyl (C=O) groups is 2. The van der Waals surface area contributed by atoms with Crippen molar-refractivity contribution in [3.63, 3.8) is 0 Å². The molecule has 0 heterocycles. The van der Waals surface area contributed by atoms with E-state index in [4.69, 9.17) is 23.2 Å². The van der Waals surface area contributed by atoms with E-state index in [1.54, 1.807) is 30.3 Å². The topological polar surface area (TPSA) is 66.4 Å². The number of rotatable bonds is 4. The van der Waals surface area contributed by atoms with Gasteiger partial charge in [0.05, 0.1) is 5.92 Å². The van der Waals surface area contributed by atoms with Gasteiger partial charge in [-0.1, -0.05) is 30.3 Å². The van der Waals surface area contributed by atoms with Gasteiger partial charge in [0, 0.05) is 0 Å². The fraction of sp³-hybridized carbons (Fsp3) is 0.385. The van der Waals surface area contributed by atoms with Crippen LogP contribution in [0.3, 0.4) is 0 Å². The number of benzene rings is 1. The highest BCUT2D eigenvalue weighted by molar-refractivity contribution is 6.52. The molecule has 1 aromatic carbocycles. The van der Waals surface area contributed by atoms with Gasteiger partial charge in [0.2, 0.25) is 5.91 Å². The number of carboxylic acid groups (broad SMARTS) is 1. The third kappa shape index (κ3) is 2.69. The van der Waals surface area contributed by atoms with Crippen LogP contribution in [0, 0.1) is 5.92 Å². The molecule has 19 heavy (non-hydrogen) atoms. The number of carbonyl (C=O) groups excluding carboxylic acids is 1. The van der Waals surface area contributed by atoms with Crippen molar-refractivity contribution >= 4 is 35.1 Å². The van der Waals surface area contributed by atoms with Crippen molar-refractivity contribution in [3.8, 4) is 0 Å². The zero-order valence-electron chi connectivity index (χ0n) is 10.2. The highest BCUT2D eigenvalue weighted by atomic mass is 35.5. The molecule has 0 saturated heterocycles. The molecule has 1 aromatic rings. The predicted molar refractivity (Wildman–Crippen MR) is 72.1 cm³/mol. The Hall–Kier alpha value is -1.26. The zero-order chi connectivity index (χ0) is 14.3. The molecule has 0 bridgehead atoms. The first-order valence-corrected chi connectivity index (χ1v) is 6.52. The first-order chi connectivity index (χ1) is 8.77. The van der Waals surface area contributed by atoms with E-state index in [1.807, 2.05) is 0 Å². The lowest BCUT2D eigenvalue weighted by atomic mass is 9.92. The van der Waals surface area contributed by atoms with Crippen LogP contribution in [0.15, 0.2) is 30.3 Å². The number of halogens is 2. The molecule has 0 aromatic heterocycles. The van der Waals surface area contributed by atoms with Crippen LogP contribution in [-0.2, 0) is 15.1 Å². The summed E-state index contributed by atoms with van der Waals surface area (Å²) in [4.78, 5) is 23.5. The van der Waals surface area contributed by atoms with Crippen LogP contribution in [0.5, 0.6) is 0 Å². The van der Waals surface area contributed by atoms with Gasteiger partial charge in [0.15, 0.2) is 5.54 Å². The SMILES string of the molecule is CC(NC(=O)C1CC1(Cl)Cl)(C(=O)O)c1ccccc1. The normalized spacial score (nSPS) is 23.2. The van der Waals surface area contributed by atoms with Gasteiger partial charge in [0.25, 0.3) is 0 Å². The molecule has 2 N–H and O–H groups in total. The van der Waals surface area contributed by atoms with Gasteiger partial charge < -0.3 is 10.4 Å². The minimum absolute atomic E-state index is 0.340. The van der Waals surface area contributed by atoms with Crippen molar-refractivity contribution < 1.29 is 14.7 Å². The Bertz CT molecular complexity index is 518. The maximum atomic E-state index is 12.0. The van der Waals surface area contributed by atoms with Gasteiger partial charge in [-0.05, 0) is 18.9 Å². The Morgan fingerprint density at radius 3 is 2.32 bits per heavy atom. The van der Waals surface area contributed by atoms with E-state index in [9.17, 15) is 14.7 Å². The van der Waals surface area contributed by atoms with Crippen molar-refractivity contribution in [2.45, 2.75) is 23.2 Å². The standard InChI is InChI=1S/C13H13Cl2NO3/c1-12(11(18)19,8-5-3-2-4-6-8)16-10(17)9-7-13(9,14)15/h2-6,9H,7H2,1H3,(H,16,17)(H,18,19). The number of aliphatic carboxylic acids is 1. The second-order valence-electron chi connectivity index (χ2n) is 4.80. The molecule has 1 amide bonds. The molecule has 0 spiro atoms. The van der Waals surface area contributed by atoms with Crippen LogP contribution in [0.1, 0.15) is 18.9 Å². The molecule has 1 aliphatic rings. The molecule has 6 heteroatoms. The van der Waals surface area contributed by atoms with Gasteiger partial charge >= 0.3 is 5.97 Å². The number of carboxylic acids is 1. The second-order valence-corrected chi connectivity index (χ2v) is 6.35. The summed E-state index contributed by atoms with van der Waals surface area (Å²) < 4.78 is -1.07. The molecular formula is C13H13Cl2NO3. The minimum Gasteiger partial charge on any atom is -0.479 e. The van der Waals surface area contributed by atoms with Crippen LogP contribution in [0.2, 0.25) is 0 Å². The zero-order valence-corrected chi connectivity index (χ0v) is 11.7. The maximum Gasteiger partial charge on any atom is 0.333 e. The largest absolute Gasteiger partial charge is 0.479 e. The van der Waals surface area contributed by atoms with Crippen molar-refractivity contribution in [1.82, 2.24) is 5.32 Å². The van der Waals surface area contributed by atoms with Crippen molar-refractivity contribution in [2.75, 3.05) is 0 Å². The summed E-state index contributed by atoms with van der Waals surface area (Å²) in [7, 11) is 0. The van der Waals surface area contributed by atoms with Gasteiger partial charge in [-0.15, -0.1) is 23.2 Å². The average molecular weight is 302 g/mol. The second kappa shape index (κ2) is 4.69. The third-order valence-corrected chi connectivity index (χ3v) is 4.13. The fourth-order valence-electron chi connectivity index (χ4n) is 1.85. The smallest absolute Gasteiger partial charge is 0.333 e. The molecule has 102 valence electrons. The average Bonchev–Trinajstić information content (AvgIpc) is 2.99. The lowest BCUT2D eigenvalue weighted by molar-refractivity contribution is -0.147. The molecule has 1 aliphatic carbocycles.